The fraction of sp³-hybridized carbons (Fsp3) is 0.522. The van der Waals surface area contributed by atoms with Gasteiger partial charge in [-0.15, -0.1) is 11.8 Å². The maximum atomic E-state index is 12.4. The number of esters is 1. The molecule has 1 aromatic rings. The Morgan fingerprint density at radius 3 is 2.64 bits per heavy atom. The number of carbonyl (C=O) groups is 3. The van der Waals surface area contributed by atoms with Crippen LogP contribution in [0.5, 0.6) is 0 Å². The van der Waals surface area contributed by atoms with Crippen LogP contribution < -0.4 is 10.6 Å². The van der Waals surface area contributed by atoms with Gasteiger partial charge in [0.15, 0.2) is 0 Å². The van der Waals surface area contributed by atoms with Crippen LogP contribution in [-0.2, 0) is 25.7 Å². The van der Waals surface area contributed by atoms with E-state index in [2.05, 4.69) is 47.1 Å². The summed E-state index contributed by atoms with van der Waals surface area (Å²) in [7, 11) is 0. The number of rotatable bonds is 3. The molecule has 0 saturated heterocycles. The second-order valence-electron chi connectivity index (χ2n) is 7.22. The normalized spacial score (nSPS) is 20.2. The van der Waals surface area contributed by atoms with E-state index < -0.39 is 18.1 Å². The van der Waals surface area contributed by atoms with Crippen molar-refractivity contribution in [3.8, 4) is 0 Å². The Labute approximate surface area is 205 Å². The monoisotopic (exact) mass is 494 g/mol. The van der Waals surface area contributed by atoms with Gasteiger partial charge < -0.3 is 15.4 Å². The molecule has 2 N–H and O–H groups in total. The van der Waals surface area contributed by atoms with Gasteiger partial charge in [-0.3, -0.25) is 24.4 Å². The quantitative estimate of drug-likeness (QED) is 0.339. The molecule has 0 aromatic carbocycles. The van der Waals surface area contributed by atoms with E-state index >= 15 is 0 Å². The Balaban J connectivity index is 0.00000172. The van der Waals surface area contributed by atoms with E-state index in [9.17, 15) is 14.4 Å². The van der Waals surface area contributed by atoms with Gasteiger partial charge in [-0.1, -0.05) is 26.3 Å². The van der Waals surface area contributed by atoms with E-state index in [0.717, 1.165) is 5.56 Å². The Bertz CT molecular complexity index is 846. The number of ether oxygens (including phenoxy) is 1. The second kappa shape index (κ2) is 16.3. The van der Waals surface area contributed by atoms with Crippen LogP contribution >= 0.6 is 24.4 Å². The summed E-state index contributed by atoms with van der Waals surface area (Å²) in [5.74, 6) is -0.659. The predicted octanol–water partition coefficient (Wildman–Crippen LogP) is 2.92. The minimum absolute atomic E-state index is 0.0314. The third-order valence-corrected chi connectivity index (χ3v) is 5.12. The van der Waals surface area contributed by atoms with Crippen molar-refractivity contribution in [2.24, 2.45) is 4.99 Å². The molecule has 182 valence electrons. The molecule has 1 aliphatic heterocycles. The van der Waals surface area contributed by atoms with Crippen LogP contribution in [0.15, 0.2) is 35.5 Å². The van der Waals surface area contributed by atoms with E-state index in [1.807, 2.05) is 12.3 Å². The average molecular weight is 495 g/mol. The highest BCUT2D eigenvalue weighted by atomic mass is 32.2. The number of thioether (sulfide) groups is 1. The first kappa shape index (κ1) is 28.7. The number of allylic oxidation sites excluding steroid dienone is 1. The van der Waals surface area contributed by atoms with Crippen molar-refractivity contribution >= 4 is 47.2 Å². The highest BCUT2D eigenvalue weighted by molar-refractivity contribution is 8.13. The summed E-state index contributed by atoms with van der Waals surface area (Å²) in [4.78, 5) is 45.6. The van der Waals surface area contributed by atoms with Crippen molar-refractivity contribution in [1.82, 2.24) is 15.6 Å². The summed E-state index contributed by atoms with van der Waals surface area (Å²) >= 11 is 5.54. The lowest BCUT2D eigenvalue weighted by atomic mass is 10.2. The van der Waals surface area contributed by atoms with Gasteiger partial charge in [0.2, 0.25) is 11.8 Å². The highest BCUT2D eigenvalue weighted by Crippen LogP contribution is 2.14. The Morgan fingerprint density at radius 1 is 1.24 bits per heavy atom. The zero-order chi connectivity index (χ0) is 24.6. The van der Waals surface area contributed by atoms with Gasteiger partial charge in [-0.05, 0) is 43.6 Å². The highest BCUT2D eigenvalue weighted by Gasteiger charge is 2.19. The Hall–Kier alpha value is -2.33. The molecule has 10 heteroatoms. The molecule has 2 rings (SSSR count). The standard InChI is InChI=1S/C20H26N4O4S2.C3H8/c1-13-19(27)23-12-18(26)28-16(5-3-4-8-29)10-17(25)22-11-15-9-14(6-7-21-15)20(24-13)30-2;1-3-2/h3,5-7,9,13,16,29H,4,8,10-12H2,1-2H3,(H,22,25)(H,23,27);3H2,1-2H3/b5-3+,24-20?;. The van der Waals surface area contributed by atoms with Crippen LogP contribution in [0.1, 0.15) is 51.3 Å². The smallest absolute Gasteiger partial charge is 0.326 e. The maximum absolute atomic E-state index is 12.4. The number of aliphatic imine (C=N–C) groups is 1. The second-order valence-corrected chi connectivity index (χ2v) is 8.47. The first-order valence-corrected chi connectivity index (χ1v) is 12.8. The predicted molar refractivity (Wildman–Crippen MR) is 137 cm³/mol. The van der Waals surface area contributed by atoms with Gasteiger partial charge in [-0.2, -0.15) is 12.6 Å². The number of aromatic nitrogens is 1. The van der Waals surface area contributed by atoms with Crippen LogP contribution in [0.4, 0.5) is 0 Å². The minimum atomic E-state index is -0.736. The number of hydrogen-bond acceptors (Lipinski definition) is 8. The number of thiol groups is 1. The number of cyclic esters (lactones) is 1. The first-order chi connectivity index (χ1) is 15.8. The summed E-state index contributed by atoms with van der Waals surface area (Å²) in [6, 6.07) is 2.94. The van der Waals surface area contributed by atoms with Crippen molar-refractivity contribution in [3.05, 3.63) is 41.7 Å². The fourth-order valence-corrected chi connectivity index (χ4v) is 3.40. The molecule has 8 nitrogen and oxygen atoms in total. The number of pyridine rings is 1. The minimum Gasteiger partial charge on any atom is -0.456 e. The lowest BCUT2D eigenvalue weighted by molar-refractivity contribution is -0.148. The molecule has 2 atom stereocenters. The number of nitrogens with zero attached hydrogens (tertiary/aromatic N) is 2. The summed E-state index contributed by atoms with van der Waals surface area (Å²) in [5.41, 5.74) is 1.46. The zero-order valence-electron chi connectivity index (χ0n) is 19.7. The Morgan fingerprint density at radius 2 is 1.97 bits per heavy atom. The van der Waals surface area contributed by atoms with E-state index in [-0.39, 0.29) is 31.3 Å². The molecular formula is C23H34N4O4S2. The van der Waals surface area contributed by atoms with Gasteiger partial charge in [-0.25, -0.2) is 0 Å². The van der Waals surface area contributed by atoms with Crippen molar-refractivity contribution in [2.75, 3.05) is 18.6 Å². The number of fused-ring (bicyclic) bond motifs is 2. The number of nitrogens with one attached hydrogen (secondary N) is 2. The van der Waals surface area contributed by atoms with Crippen LogP contribution in [-0.4, -0.2) is 58.5 Å². The Kier molecular flexibility index (Phi) is 14.2. The topological polar surface area (TPSA) is 110 Å². The van der Waals surface area contributed by atoms with Gasteiger partial charge in [0.1, 0.15) is 18.7 Å². The summed E-state index contributed by atoms with van der Waals surface area (Å²) in [6.45, 7) is 5.84. The summed E-state index contributed by atoms with van der Waals surface area (Å²) in [5, 5.41) is 6.00. The van der Waals surface area contributed by atoms with Crippen LogP contribution in [0.2, 0.25) is 0 Å². The zero-order valence-corrected chi connectivity index (χ0v) is 21.4. The molecule has 2 unspecified atom stereocenters. The van der Waals surface area contributed by atoms with E-state index in [1.165, 1.54) is 18.2 Å². The van der Waals surface area contributed by atoms with Gasteiger partial charge in [0, 0.05) is 11.8 Å². The molecule has 33 heavy (non-hydrogen) atoms. The van der Waals surface area contributed by atoms with Crippen molar-refractivity contribution in [1.29, 1.82) is 0 Å². The van der Waals surface area contributed by atoms with E-state index in [0.29, 0.717) is 22.9 Å². The summed E-state index contributed by atoms with van der Waals surface area (Å²) in [6.07, 6.45) is 8.13. The average Bonchev–Trinajstić information content (AvgIpc) is 2.79. The lowest BCUT2D eigenvalue weighted by Crippen LogP contribution is -2.38. The molecule has 0 radical (unpaired) electrons. The maximum Gasteiger partial charge on any atom is 0.326 e. The first-order valence-electron chi connectivity index (χ1n) is 10.9. The lowest BCUT2D eigenvalue weighted by Gasteiger charge is -2.16. The van der Waals surface area contributed by atoms with E-state index in [1.54, 1.807) is 31.3 Å². The molecule has 0 spiro atoms. The van der Waals surface area contributed by atoms with Crippen LogP contribution in [0.3, 0.4) is 0 Å². The molecule has 0 aliphatic carbocycles. The molecule has 0 saturated carbocycles. The largest absolute Gasteiger partial charge is 0.456 e. The van der Waals surface area contributed by atoms with Crippen molar-refractivity contribution in [3.63, 3.8) is 0 Å². The van der Waals surface area contributed by atoms with Crippen LogP contribution in [0.25, 0.3) is 0 Å². The van der Waals surface area contributed by atoms with Crippen LogP contribution in [0, 0.1) is 0 Å². The molecule has 1 aliphatic rings. The molecule has 0 fully saturated rings. The molecule has 2 amide bonds. The third kappa shape index (κ3) is 11.4. The third-order valence-electron chi connectivity index (χ3n) is 4.14. The van der Waals surface area contributed by atoms with Gasteiger partial charge >= 0.3 is 5.97 Å². The molecule has 2 heterocycles. The van der Waals surface area contributed by atoms with Crippen molar-refractivity contribution in [2.45, 2.75) is 58.7 Å². The van der Waals surface area contributed by atoms with Crippen molar-refractivity contribution < 1.29 is 19.1 Å². The van der Waals surface area contributed by atoms with E-state index in [4.69, 9.17) is 4.74 Å². The number of amides is 2. The fourth-order valence-electron chi connectivity index (χ4n) is 2.62. The molecular weight excluding hydrogens is 460 g/mol. The van der Waals surface area contributed by atoms with Gasteiger partial charge in [0.05, 0.1) is 23.7 Å². The molecule has 2 bridgehead atoms. The SMILES string of the molecule is CCC.CSC1=NC(C)C(=O)NCC(=O)OC(/C=C/CCS)CC(=O)NCc2cc1ccn2. The molecule has 1 aromatic heterocycles. The van der Waals surface area contributed by atoms with Gasteiger partial charge in [0.25, 0.3) is 0 Å². The number of carbonyl (C=O) groups excluding carboxylic acids is 3. The summed E-state index contributed by atoms with van der Waals surface area (Å²) < 4.78 is 5.36. The number of hydrogen-bond donors (Lipinski definition) is 3.